The number of benzene rings is 3. The third kappa shape index (κ3) is 8.89. The fourth-order valence-corrected chi connectivity index (χ4v) is 5.76. The average Bonchev–Trinajstić information content (AvgIpc) is 3.27. The first-order valence-corrected chi connectivity index (χ1v) is 15.9. The Labute approximate surface area is 254 Å². The normalized spacial score (nSPS) is 12.6. The van der Waals surface area contributed by atoms with E-state index in [9.17, 15) is 31.5 Å². The van der Waals surface area contributed by atoms with Crippen LogP contribution >= 0.6 is 0 Å². The van der Waals surface area contributed by atoms with Crippen LogP contribution in [0.25, 0.3) is 10.9 Å². The summed E-state index contributed by atoms with van der Waals surface area (Å²) in [6, 6.07) is 24.2. The average molecular weight is 656 g/mol. The van der Waals surface area contributed by atoms with Gasteiger partial charge < -0.3 is 14.2 Å². The van der Waals surface area contributed by atoms with Gasteiger partial charge >= 0.3 is 11.5 Å². The highest BCUT2D eigenvalue weighted by atomic mass is 32.2. The van der Waals surface area contributed by atoms with Crippen LogP contribution in [0.4, 0.5) is 18.9 Å². The quantitative estimate of drug-likeness (QED) is 0.152. The maximum Gasteiger partial charge on any atom is 0.485 e. The molecule has 0 saturated carbocycles. The van der Waals surface area contributed by atoms with E-state index in [-0.39, 0.29) is 24.5 Å². The first kappa shape index (κ1) is 34.7. The number of nitrogens with zero attached hydrogens (tertiary/aromatic N) is 3. The van der Waals surface area contributed by atoms with Crippen LogP contribution in [0.15, 0.2) is 90.0 Å². The first-order chi connectivity index (χ1) is 20.3. The van der Waals surface area contributed by atoms with E-state index in [0.29, 0.717) is 10.9 Å². The van der Waals surface area contributed by atoms with E-state index in [1.165, 1.54) is 4.31 Å². The van der Waals surface area contributed by atoms with Crippen molar-refractivity contribution in [3.63, 3.8) is 0 Å². The molecular weight excluding hydrogens is 623 g/mol. The lowest BCUT2D eigenvalue weighted by Crippen LogP contribution is -2.35. The molecule has 0 amide bonds. The summed E-state index contributed by atoms with van der Waals surface area (Å²) in [5.41, 5.74) is -2.00. The Kier molecular flexibility index (Phi) is 10.6. The van der Waals surface area contributed by atoms with Crippen molar-refractivity contribution in [2.75, 3.05) is 27.7 Å². The fraction of sp³-hybridized carbons (Fsp3) is 0.276. The Morgan fingerprint density at radius 3 is 1.98 bits per heavy atom. The number of hydrogen-bond donors (Lipinski definition) is 1. The first-order valence-electron chi connectivity index (χ1n) is 13.1. The van der Waals surface area contributed by atoms with E-state index in [2.05, 4.69) is 0 Å². The largest absolute Gasteiger partial charge is 0.741 e. The fourth-order valence-electron chi connectivity index (χ4n) is 4.33. The number of sulfonamides is 1. The summed E-state index contributed by atoms with van der Waals surface area (Å²) in [5.74, 6) is -0.923. The highest BCUT2D eigenvalue weighted by Gasteiger charge is 2.37. The van der Waals surface area contributed by atoms with Gasteiger partial charge in [-0.1, -0.05) is 48.5 Å². The summed E-state index contributed by atoms with van der Waals surface area (Å²) in [6.07, 6.45) is 2.28. The molecule has 1 heterocycles. The molecule has 0 aliphatic heterocycles. The molecule has 0 radical (unpaired) electrons. The van der Waals surface area contributed by atoms with Gasteiger partial charge in [0.1, 0.15) is 12.2 Å². The van der Waals surface area contributed by atoms with Gasteiger partial charge in [0, 0.05) is 42.3 Å². The number of hydrogen-bond acceptors (Lipinski definition) is 6. The molecule has 0 atom stereocenters. The molecule has 0 fully saturated rings. The minimum Gasteiger partial charge on any atom is -0.741 e. The van der Waals surface area contributed by atoms with E-state index in [4.69, 9.17) is 13.0 Å². The molecule has 0 spiro atoms. The zero-order chi connectivity index (χ0) is 32.9. The number of carbonyl (C=O) groups is 1. The highest BCUT2D eigenvalue weighted by molar-refractivity contribution is 7.89. The SMILES string of the molecule is C[N+](C)(C)c1ccc(S(=O)(=O)N(CCc2cn(CC(=O)O)c3ccccc23)Cc2ccccc2)cc1.O=S(=O)([O-])C(F)(F)F. The smallest absolute Gasteiger partial charge is 0.485 e. The lowest BCUT2D eigenvalue weighted by atomic mass is 10.1. The van der Waals surface area contributed by atoms with E-state index in [0.717, 1.165) is 27.7 Å². The zero-order valence-electron chi connectivity index (χ0n) is 24.1. The predicted octanol–water partition coefficient (Wildman–Crippen LogP) is 4.41. The van der Waals surface area contributed by atoms with E-state index < -0.39 is 31.6 Å². The van der Waals surface area contributed by atoms with Crippen molar-refractivity contribution in [1.29, 1.82) is 0 Å². The van der Waals surface area contributed by atoms with Gasteiger partial charge in [0.2, 0.25) is 10.0 Å². The summed E-state index contributed by atoms with van der Waals surface area (Å²) < 4.78 is 90.2. The molecule has 0 unspecified atom stereocenters. The van der Waals surface area contributed by atoms with Crippen molar-refractivity contribution in [2.45, 2.75) is 29.9 Å². The van der Waals surface area contributed by atoms with Crippen LogP contribution in [-0.2, 0) is 44.4 Å². The minimum absolute atomic E-state index is 0.148. The van der Waals surface area contributed by atoms with E-state index in [1.807, 2.05) is 94.1 Å². The zero-order valence-corrected chi connectivity index (χ0v) is 25.7. The molecule has 0 aliphatic carbocycles. The van der Waals surface area contributed by atoms with Crippen LogP contribution in [0, 0.1) is 0 Å². The number of carboxylic acid groups (broad SMARTS) is 1. The van der Waals surface area contributed by atoms with Crippen molar-refractivity contribution < 1.29 is 44.5 Å². The molecule has 1 aromatic heterocycles. The van der Waals surface area contributed by atoms with Gasteiger partial charge in [-0.05, 0) is 35.7 Å². The molecule has 1 N–H and O–H groups in total. The number of rotatable bonds is 10. The second kappa shape index (κ2) is 13.5. The van der Waals surface area contributed by atoms with Crippen LogP contribution in [0.1, 0.15) is 11.1 Å². The van der Waals surface area contributed by atoms with Crippen molar-refractivity contribution in [3.8, 4) is 0 Å². The Morgan fingerprint density at radius 1 is 0.909 bits per heavy atom. The summed E-state index contributed by atoms with van der Waals surface area (Å²) in [5, 5.41) is 10.2. The number of halogens is 3. The van der Waals surface area contributed by atoms with Crippen LogP contribution in [0.2, 0.25) is 0 Å². The van der Waals surface area contributed by atoms with Gasteiger partial charge in [-0.2, -0.15) is 17.5 Å². The Balaban J connectivity index is 0.000000583. The molecule has 4 rings (SSSR count). The molecular formula is C29H32F3N3O7S2. The maximum absolute atomic E-state index is 13.8. The van der Waals surface area contributed by atoms with Crippen LogP contribution in [0.5, 0.6) is 0 Å². The third-order valence-electron chi connectivity index (χ3n) is 6.54. The molecule has 15 heteroatoms. The van der Waals surface area contributed by atoms with Crippen molar-refractivity contribution in [2.24, 2.45) is 0 Å². The monoisotopic (exact) mass is 655 g/mol. The molecule has 238 valence electrons. The lowest BCUT2D eigenvalue weighted by Gasteiger charge is -2.25. The van der Waals surface area contributed by atoms with Crippen molar-refractivity contribution >= 4 is 42.7 Å². The predicted molar refractivity (Wildman–Crippen MR) is 159 cm³/mol. The molecule has 4 aromatic rings. The molecule has 3 aromatic carbocycles. The standard InChI is InChI=1S/C28H31N3O4S.CHF3O3S/c1-31(2,3)24-13-15-25(16-14-24)36(34,35)30(19-22-9-5-4-6-10-22)18-17-23-20-29(21-28(32)33)27-12-8-7-11-26(23)27;2-1(3,4)8(5,6)7/h4-16,20H,17-19,21H2,1-3H3;(H,5,6,7). The summed E-state index contributed by atoms with van der Waals surface area (Å²) >= 11 is 0. The molecule has 0 bridgehead atoms. The Bertz CT molecular complexity index is 1800. The third-order valence-corrected chi connectivity index (χ3v) is 8.97. The van der Waals surface area contributed by atoms with Gasteiger partial charge in [-0.15, -0.1) is 0 Å². The molecule has 10 nitrogen and oxygen atoms in total. The number of aromatic nitrogens is 1. The molecule has 0 saturated heterocycles. The molecule has 44 heavy (non-hydrogen) atoms. The van der Waals surface area contributed by atoms with Gasteiger partial charge in [0.15, 0.2) is 10.1 Å². The number of aliphatic carboxylic acids is 1. The van der Waals surface area contributed by atoms with Crippen LogP contribution in [0.3, 0.4) is 0 Å². The summed E-state index contributed by atoms with van der Waals surface area (Å²) in [6.45, 7) is 0.356. The second-order valence-electron chi connectivity index (χ2n) is 10.7. The van der Waals surface area contributed by atoms with Crippen molar-refractivity contribution in [1.82, 2.24) is 13.4 Å². The topological polar surface area (TPSA) is 137 Å². The minimum atomic E-state index is -6.09. The highest BCUT2D eigenvalue weighted by Crippen LogP contribution is 2.26. The second-order valence-corrected chi connectivity index (χ2v) is 14.0. The summed E-state index contributed by atoms with van der Waals surface area (Å²) in [4.78, 5) is 11.6. The number of quaternary nitrogens is 1. The van der Waals surface area contributed by atoms with Gasteiger partial charge in [-0.25, -0.2) is 16.8 Å². The van der Waals surface area contributed by atoms with Gasteiger partial charge in [0.25, 0.3) is 0 Å². The summed E-state index contributed by atoms with van der Waals surface area (Å²) in [7, 11) is -3.76. The lowest BCUT2D eigenvalue weighted by molar-refractivity contribution is -0.137. The van der Waals surface area contributed by atoms with Crippen molar-refractivity contribution in [3.05, 3.63) is 96.2 Å². The van der Waals surface area contributed by atoms with Gasteiger partial charge in [0.05, 0.1) is 26.0 Å². The molecule has 0 aliphatic rings. The van der Waals surface area contributed by atoms with E-state index >= 15 is 0 Å². The van der Waals surface area contributed by atoms with Crippen LogP contribution < -0.4 is 4.48 Å². The number of alkyl halides is 3. The van der Waals surface area contributed by atoms with Gasteiger partial charge in [-0.3, -0.25) is 9.28 Å². The Morgan fingerprint density at radius 2 is 1.45 bits per heavy atom. The maximum atomic E-state index is 13.8. The van der Waals surface area contributed by atoms with Crippen LogP contribution in [-0.4, -0.2) is 74.5 Å². The van der Waals surface area contributed by atoms with E-state index in [1.54, 1.807) is 16.7 Å². The Hall–Kier alpha value is -3.76. The number of fused-ring (bicyclic) bond motifs is 1. The number of carboxylic acids is 1. The number of para-hydroxylation sites is 1.